The molecule has 1 heterocycles. The highest BCUT2D eigenvalue weighted by atomic mass is 32.2. The second kappa shape index (κ2) is 11.4. The number of rotatable bonds is 9. The molecule has 0 saturated carbocycles. The molecule has 0 bridgehead atoms. The number of ether oxygens (including phenoxy) is 3. The molecule has 1 unspecified atom stereocenters. The standard InChI is InChI=1S/C25H32N2O6S/c1-5-20-8-6-7-15-27(20)34(29,30)21-12-10-19(11-13-21)26-24(28)14-9-18-16-22(31-2)25(33-4)23(17-18)32-3/h9-14,16-17,20H,5-8,15H2,1-4H3,(H,26,28)/b14-9+. The average molecular weight is 489 g/mol. The van der Waals surface area contributed by atoms with Crippen LogP contribution >= 0.6 is 0 Å². The number of sulfonamides is 1. The lowest BCUT2D eigenvalue weighted by molar-refractivity contribution is -0.111. The summed E-state index contributed by atoms with van der Waals surface area (Å²) in [5.74, 6) is 1.08. The van der Waals surface area contributed by atoms with Crippen LogP contribution in [0.15, 0.2) is 47.4 Å². The summed E-state index contributed by atoms with van der Waals surface area (Å²) in [6.45, 7) is 2.56. The summed E-state index contributed by atoms with van der Waals surface area (Å²) < 4.78 is 43.8. The van der Waals surface area contributed by atoms with Crippen molar-refractivity contribution in [3.63, 3.8) is 0 Å². The Morgan fingerprint density at radius 1 is 1.06 bits per heavy atom. The minimum Gasteiger partial charge on any atom is -0.493 e. The third-order valence-corrected chi connectivity index (χ3v) is 7.85. The lowest BCUT2D eigenvalue weighted by Gasteiger charge is -2.34. The maximum atomic E-state index is 13.1. The molecule has 1 fully saturated rings. The van der Waals surface area contributed by atoms with Gasteiger partial charge >= 0.3 is 0 Å². The molecule has 2 aromatic carbocycles. The molecule has 3 rings (SSSR count). The molecule has 34 heavy (non-hydrogen) atoms. The van der Waals surface area contributed by atoms with Crippen molar-refractivity contribution in [2.45, 2.75) is 43.5 Å². The number of nitrogens with zero attached hydrogens (tertiary/aromatic N) is 1. The first-order valence-electron chi connectivity index (χ1n) is 11.2. The normalized spacial score (nSPS) is 16.9. The Bertz CT molecular complexity index is 1100. The number of methoxy groups -OCH3 is 3. The van der Waals surface area contributed by atoms with Crippen LogP contribution in [0.1, 0.15) is 38.2 Å². The molecule has 1 amide bonds. The van der Waals surface area contributed by atoms with Crippen LogP contribution in [0.2, 0.25) is 0 Å². The van der Waals surface area contributed by atoms with Gasteiger partial charge in [-0.05, 0) is 67.3 Å². The number of carbonyl (C=O) groups excluding carboxylic acids is 1. The molecule has 9 heteroatoms. The monoisotopic (exact) mass is 488 g/mol. The van der Waals surface area contributed by atoms with Crippen molar-refractivity contribution in [1.29, 1.82) is 0 Å². The van der Waals surface area contributed by atoms with E-state index in [1.807, 2.05) is 6.92 Å². The molecule has 1 aliphatic heterocycles. The summed E-state index contributed by atoms with van der Waals surface area (Å²) in [6, 6.07) is 9.78. The molecule has 0 radical (unpaired) electrons. The van der Waals surface area contributed by atoms with E-state index >= 15 is 0 Å². The van der Waals surface area contributed by atoms with Crippen LogP contribution in [0.4, 0.5) is 5.69 Å². The summed E-state index contributed by atoms with van der Waals surface area (Å²) >= 11 is 0. The Labute approximate surface area is 201 Å². The van der Waals surface area contributed by atoms with Crippen molar-refractivity contribution in [1.82, 2.24) is 4.31 Å². The van der Waals surface area contributed by atoms with Gasteiger partial charge in [-0.1, -0.05) is 13.3 Å². The quantitative estimate of drug-likeness (QED) is 0.529. The van der Waals surface area contributed by atoms with Crippen LogP contribution in [0.3, 0.4) is 0 Å². The third kappa shape index (κ3) is 5.71. The number of anilines is 1. The van der Waals surface area contributed by atoms with Crippen molar-refractivity contribution in [2.75, 3.05) is 33.2 Å². The van der Waals surface area contributed by atoms with E-state index in [1.165, 1.54) is 39.5 Å². The van der Waals surface area contributed by atoms with Crippen molar-refractivity contribution >= 4 is 27.7 Å². The Balaban J connectivity index is 1.70. The maximum Gasteiger partial charge on any atom is 0.248 e. The van der Waals surface area contributed by atoms with Crippen LogP contribution in [0.25, 0.3) is 6.08 Å². The van der Waals surface area contributed by atoms with Gasteiger partial charge in [-0.3, -0.25) is 4.79 Å². The van der Waals surface area contributed by atoms with Crippen LogP contribution in [0.5, 0.6) is 17.2 Å². The maximum absolute atomic E-state index is 13.1. The molecule has 1 N–H and O–H groups in total. The first-order valence-corrected chi connectivity index (χ1v) is 12.7. The number of nitrogens with one attached hydrogen (secondary N) is 1. The average Bonchev–Trinajstić information content (AvgIpc) is 2.86. The molecule has 8 nitrogen and oxygen atoms in total. The number of amides is 1. The molecule has 1 saturated heterocycles. The number of carbonyl (C=O) groups is 1. The fourth-order valence-electron chi connectivity index (χ4n) is 4.10. The molecule has 184 valence electrons. The molecular formula is C25H32N2O6S. The van der Waals surface area contributed by atoms with Gasteiger partial charge < -0.3 is 19.5 Å². The number of benzene rings is 2. The zero-order chi connectivity index (χ0) is 24.7. The van der Waals surface area contributed by atoms with E-state index in [-0.39, 0.29) is 16.8 Å². The second-order valence-corrected chi connectivity index (χ2v) is 9.87. The van der Waals surface area contributed by atoms with Gasteiger partial charge in [0.25, 0.3) is 0 Å². The fourth-order valence-corrected chi connectivity index (χ4v) is 5.86. The summed E-state index contributed by atoms with van der Waals surface area (Å²) in [5.41, 5.74) is 1.20. The molecule has 0 aliphatic carbocycles. The van der Waals surface area contributed by atoms with Crippen LogP contribution in [-0.2, 0) is 14.8 Å². The Hall–Kier alpha value is -3.04. The van der Waals surface area contributed by atoms with E-state index in [0.717, 1.165) is 25.7 Å². The summed E-state index contributed by atoms with van der Waals surface area (Å²) in [7, 11) is 1.01. The molecule has 0 spiro atoms. The van der Waals surface area contributed by atoms with Crippen molar-refractivity contribution in [3.8, 4) is 17.2 Å². The lowest BCUT2D eigenvalue weighted by atomic mass is 10.0. The fraction of sp³-hybridized carbons (Fsp3) is 0.400. The zero-order valence-electron chi connectivity index (χ0n) is 20.0. The zero-order valence-corrected chi connectivity index (χ0v) is 20.9. The molecule has 1 atom stereocenters. The summed E-state index contributed by atoms with van der Waals surface area (Å²) in [6.07, 6.45) is 6.62. The van der Waals surface area contributed by atoms with E-state index < -0.39 is 10.0 Å². The van der Waals surface area contributed by atoms with Crippen molar-refractivity contribution < 1.29 is 27.4 Å². The number of hydrogen-bond donors (Lipinski definition) is 1. The predicted octanol–water partition coefficient (Wildman–Crippen LogP) is 4.32. The number of hydrogen-bond acceptors (Lipinski definition) is 6. The highest BCUT2D eigenvalue weighted by Crippen LogP contribution is 2.38. The van der Waals surface area contributed by atoms with Gasteiger partial charge in [-0.15, -0.1) is 0 Å². The first kappa shape index (κ1) is 25.6. The Morgan fingerprint density at radius 3 is 2.26 bits per heavy atom. The minimum absolute atomic E-state index is 0.0402. The van der Waals surface area contributed by atoms with E-state index in [0.29, 0.717) is 35.0 Å². The lowest BCUT2D eigenvalue weighted by Crippen LogP contribution is -2.43. The van der Waals surface area contributed by atoms with Gasteiger partial charge in [0.2, 0.25) is 21.7 Å². The highest BCUT2D eigenvalue weighted by molar-refractivity contribution is 7.89. The van der Waals surface area contributed by atoms with Crippen molar-refractivity contribution in [3.05, 3.63) is 48.0 Å². The SMILES string of the molecule is CCC1CCCCN1S(=O)(=O)c1ccc(NC(=O)/C=C/c2cc(OC)c(OC)c(OC)c2)cc1. The molecule has 0 aromatic heterocycles. The molecule has 2 aromatic rings. The van der Waals surface area contributed by atoms with Crippen molar-refractivity contribution in [2.24, 2.45) is 0 Å². The van der Waals surface area contributed by atoms with Gasteiger partial charge in [0.05, 0.1) is 26.2 Å². The van der Waals surface area contributed by atoms with E-state index in [9.17, 15) is 13.2 Å². The Morgan fingerprint density at radius 2 is 1.71 bits per heavy atom. The van der Waals surface area contributed by atoms with E-state index in [1.54, 1.807) is 34.6 Å². The minimum atomic E-state index is -3.56. The van der Waals surface area contributed by atoms with Gasteiger partial charge in [-0.2, -0.15) is 4.31 Å². The highest BCUT2D eigenvalue weighted by Gasteiger charge is 2.32. The van der Waals surface area contributed by atoms with E-state index in [4.69, 9.17) is 14.2 Å². The van der Waals surface area contributed by atoms with Crippen LogP contribution < -0.4 is 19.5 Å². The molecule has 1 aliphatic rings. The van der Waals surface area contributed by atoms with Crippen LogP contribution in [-0.4, -0.2) is 52.5 Å². The topological polar surface area (TPSA) is 94.2 Å². The van der Waals surface area contributed by atoms with Gasteiger partial charge in [0.1, 0.15) is 0 Å². The summed E-state index contributed by atoms with van der Waals surface area (Å²) in [5, 5.41) is 2.75. The predicted molar refractivity (Wildman–Crippen MR) is 132 cm³/mol. The number of piperidine rings is 1. The van der Waals surface area contributed by atoms with Gasteiger partial charge in [0, 0.05) is 24.4 Å². The van der Waals surface area contributed by atoms with Gasteiger partial charge in [0.15, 0.2) is 11.5 Å². The van der Waals surface area contributed by atoms with Crippen LogP contribution in [0, 0.1) is 0 Å². The summed E-state index contributed by atoms with van der Waals surface area (Å²) in [4.78, 5) is 12.7. The van der Waals surface area contributed by atoms with Gasteiger partial charge in [-0.25, -0.2) is 8.42 Å². The first-order chi connectivity index (χ1) is 16.3. The third-order valence-electron chi connectivity index (χ3n) is 5.89. The second-order valence-electron chi connectivity index (χ2n) is 7.98. The Kier molecular flexibility index (Phi) is 8.57. The van der Waals surface area contributed by atoms with E-state index in [2.05, 4.69) is 5.32 Å². The molecular weight excluding hydrogens is 456 g/mol. The smallest absolute Gasteiger partial charge is 0.248 e. The largest absolute Gasteiger partial charge is 0.493 e.